The topological polar surface area (TPSA) is 43.1 Å². The Morgan fingerprint density at radius 2 is 1.47 bits per heavy atom. The first-order valence-corrected chi connectivity index (χ1v) is 6.17. The third-order valence-electron chi connectivity index (χ3n) is 2.51. The SMILES string of the molecule is CC(C)=CCC/C(C)=C/CC/C(C)=C/C(N)=O. The third kappa shape index (κ3) is 11.0. The lowest BCUT2D eigenvalue weighted by atomic mass is 10.1. The first-order valence-electron chi connectivity index (χ1n) is 6.17. The Morgan fingerprint density at radius 1 is 0.941 bits per heavy atom. The zero-order valence-corrected chi connectivity index (χ0v) is 11.5. The van der Waals surface area contributed by atoms with E-state index in [1.165, 1.54) is 17.2 Å². The normalized spacial score (nSPS) is 12.5. The maximum absolute atomic E-state index is 10.6. The summed E-state index contributed by atoms with van der Waals surface area (Å²) in [6, 6.07) is 0. The van der Waals surface area contributed by atoms with Crippen LogP contribution in [0.1, 0.15) is 53.4 Å². The van der Waals surface area contributed by atoms with E-state index in [1.54, 1.807) is 0 Å². The van der Waals surface area contributed by atoms with Crippen LogP contribution in [0.25, 0.3) is 0 Å². The van der Waals surface area contributed by atoms with E-state index in [-0.39, 0.29) is 5.91 Å². The largest absolute Gasteiger partial charge is 0.366 e. The second kappa shape index (κ2) is 8.80. The quantitative estimate of drug-likeness (QED) is 0.528. The first-order chi connectivity index (χ1) is 7.91. The Balaban J connectivity index is 3.92. The number of primary amides is 1. The predicted molar refractivity (Wildman–Crippen MR) is 74.6 cm³/mol. The predicted octanol–water partition coefficient (Wildman–Crippen LogP) is 3.89. The molecule has 96 valence electrons. The minimum absolute atomic E-state index is 0.355. The Labute approximate surface area is 105 Å². The molecule has 2 heteroatoms. The molecule has 0 rings (SSSR count). The van der Waals surface area contributed by atoms with Crippen molar-refractivity contribution in [2.45, 2.75) is 53.4 Å². The van der Waals surface area contributed by atoms with Gasteiger partial charge in [0.25, 0.3) is 0 Å². The van der Waals surface area contributed by atoms with Gasteiger partial charge in [-0.1, -0.05) is 28.9 Å². The highest BCUT2D eigenvalue weighted by Crippen LogP contribution is 2.11. The Hall–Kier alpha value is -1.31. The first kappa shape index (κ1) is 15.7. The van der Waals surface area contributed by atoms with E-state index in [0.29, 0.717) is 0 Å². The van der Waals surface area contributed by atoms with Gasteiger partial charge >= 0.3 is 0 Å². The lowest BCUT2D eigenvalue weighted by Gasteiger charge is -2.00. The van der Waals surface area contributed by atoms with E-state index in [0.717, 1.165) is 31.3 Å². The van der Waals surface area contributed by atoms with Gasteiger partial charge in [0.15, 0.2) is 0 Å². The van der Waals surface area contributed by atoms with Gasteiger partial charge in [0, 0.05) is 6.08 Å². The summed E-state index contributed by atoms with van der Waals surface area (Å²) in [6.45, 7) is 8.34. The van der Waals surface area contributed by atoms with Crippen LogP contribution in [0.5, 0.6) is 0 Å². The molecule has 0 heterocycles. The average Bonchev–Trinajstić information content (AvgIpc) is 2.15. The molecule has 0 aliphatic rings. The van der Waals surface area contributed by atoms with E-state index >= 15 is 0 Å². The molecule has 0 aliphatic carbocycles. The highest BCUT2D eigenvalue weighted by molar-refractivity contribution is 5.86. The smallest absolute Gasteiger partial charge is 0.241 e. The summed E-state index contributed by atoms with van der Waals surface area (Å²) in [5.41, 5.74) is 8.91. The fraction of sp³-hybridized carbons (Fsp3) is 0.533. The van der Waals surface area contributed by atoms with Crippen LogP contribution in [0.2, 0.25) is 0 Å². The van der Waals surface area contributed by atoms with Crippen molar-refractivity contribution in [3.05, 3.63) is 34.9 Å². The second-order valence-electron chi connectivity index (χ2n) is 4.80. The van der Waals surface area contributed by atoms with Gasteiger partial charge in [-0.2, -0.15) is 0 Å². The minimum atomic E-state index is -0.355. The van der Waals surface area contributed by atoms with Crippen molar-refractivity contribution in [3.63, 3.8) is 0 Å². The Morgan fingerprint density at radius 3 is 2.00 bits per heavy atom. The minimum Gasteiger partial charge on any atom is -0.366 e. The Bertz CT molecular complexity index is 331. The molecule has 0 aliphatic heterocycles. The molecule has 0 bridgehead atoms. The molecular weight excluding hydrogens is 210 g/mol. The lowest BCUT2D eigenvalue weighted by Crippen LogP contribution is -2.06. The van der Waals surface area contributed by atoms with Gasteiger partial charge in [0.2, 0.25) is 5.91 Å². The highest BCUT2D eigenvalue weighted by atomic mass is 16.1. The van der Waals surface area contributed by atoms with Gasteiger partial charge < -0.3 is 5.73 Å². The fourth-order valence-corrected chi connectivity index (χ4v) is 1.55. The third-order valence-corrected chi connectivity index (χ3v) is 2.51. The summed E-state index contributed by atoms with van der Waals surface area (Å²) < 4.78 is 0. The standard InChI is InChI=1S/C15H25NO/c1-12(2)7-5-8-13(3)9-6-10-14(4)11-15(16)17/h7,9,11H,5-6,8,10H2,1-4H3,(H2,16,17)/b13-9+,14-11+. The van der Waals surface area contributed by atoms with E-state index in [9.17, 15) is 4.79 Å². The summed E-state index contributed by atoms with van der Waals surface area (Å²) >= 11 is 0. The molecule has 0 fully saturated rings. The molecule has 1 amide bonds. The van der Waals surface area contributed by atoms with Crippen LogP contribution in [0.15, 0.2) is 34.9 Å². The van der Waals surface area contributed by atoms with Gasteiger partial charge in [0.05, 0.1) is 0 Å². The number of amides is 1. The van der Waals surface area contributed by atoms with Crippen LogP contribution in [0.3, 0.4) is 0 Å². The van der Waals surface area contributed by atoms with Crippen LogP contribution in [-0.4, -0.2) is 5.91 Å². The lowest BCUT2D eigenvalue weighted by molar-refractivity contribution is -0.113. The molecule has 2 N–H and O–H groups in total. The van der Waals surface area contributed by atoms with E-state index in [4.69, 9.17) is 5.73 Å². The molecule has 0 saturated heterocycles. The van der Waals surface area contributed by atoms with E-state index in [1.807, 2.05) is 6.92 Å². The van der Waals surface area contributed by atoms with Crippen LogP contribution < -0.4 is 5.73 Å². The number of hydrogen-bond acceptors (Lipinski definition) is 1. The van der Waals surface area contributed by atoms with Crippen molar-refractivity contribution >= 4 is 5.91 Å². The van der Waals surface area contributed by atoms with Crippen molar-refractivity contribution in [1.82, 2.24) is 0 Å². The summed E-state index contributed by atoms with van der Waals surface area (Å²) in [6.07, 6.45) is 10.1. The molecule has 0 unspecified atom stereocenters. The number of carbonyl (C=O) groups excluding carboxylic acids is 1. The fourth-order valence-electron chi connectivity index (χ4n) is 1.55. The van der Waals surface area contributed by atoms with Crippen LogP contribution in [0, 0.1) is 0 Å². The van der Waals surface area contributed by atoms with Crippen molar-refractivity contribution in [2.24, 2.45) is 5.73 Å². The summed E-state index contributed by atoms with van der Waals surface area (Å²) in [5, 5.41) is 0. The van der Waals surface area contributed by atoms with E-state index < -0.39 is 0 Å². The van der Waals surface area contributed by atoms with Crippen molar-refractivity contribution in [2.75, 3.05) is 0 Å². The second-order valence-corrected chi connectivity index (χ2v) is 4.80. The highest BCUT2D eigenvalue weighted by Gasteiger charge is 1.93. The van der Waals surface area contributed by atoms with Crippen LogP contribution >= 0.6 is 0 Å². The number of rotatable bonds is 7. The monoisotopic (exact) mass is 235 g/mol. The van der Waals surface area contributed by atoms with Gasteiger partial charge in [-0.3, -0.25) is 4.79 Å². The zero-order chi connectivity index (χ0) is 13.3. The molecule has 0 atom stereocenters. The molecule has 0 saturated carbocycles. The Kier molecular flexibility index (Phi) is 8.12. The van der Waals surface area contributed by atoms with Crippen molar-refractivity contribution in [1.29, 1.82) is 0 Å². The van der Waals surface area contributed by atoms with Gasteiger partial charge in [-0.25, -0.2) is 0 Å². The van der Waals surface area contributed by atoms with Crippen LogP contribution in [0.4, 0.5) is 0 Å². The summed E-state index contributed by atoms with van der Waals surface area (Å²) in [5.74, 6) is -0.355. The zero-order valence-electron chi connectivity index (χ0n) is 11.5. The maximum atomic E-state index is 10.6. The molecule has 0 aromatic rings. The van der Waals surface area contributed by atoms with Gasteiger partial charge in [0.1, 0.15) is 0 Å². The molecular formula is C15H25NO. The number of allylic oxidation sites excluding steroid dienone is 5. The number of carbonyl (C=O) groups is 1. The number of nitrogens with two attached hydrogens (primary N) is 1. The molecule has 0 aromatic heterocycles. The van der Waals surface area contributed by atoms with E-state index in [2.05, 4.69) is 32.9 Å². The average molecular weight is 235 g/mol. The molecule has 2 nitrogen and oxygen atoms in total. The molecule has 0 radical (unpaired) electrons. The summed E-state index contributed by atoms with van der Waals surface area (Å²) in [4.78, 5) is 10.6. The van der Waals surface area contributed by atoms with Gasteiger partial charge in [-0.15, -0.1) is 0 Å². The van der Waals surface area contributed by atoms with Crippen molar-refractivity contribution in [3.8, 4) is 0 Å². The van der Waals surface area contributed by atoms with Gasteiger partial charge in [-0.05, 0) is 53.4 Å². The van der Waals surface area contributed by atoms with Crippen molar-refractivity contribution < 1.29 is 4.79 Å². The maximum Gasteiger partial charge on any atom is 0.241 e. The molecule has 0 aromatic carbocycles. The summed E-state index contributed by atoms with van der Waals surface area (Å²) in [7, 11) is 0. The molecule has 17 heavy (non-hydrogen) atoms. The molecule has 0 spiro atoms. The number of hydrogen-bond donors (Lipinski definition) is 1. The van der Waals surface area contributed by atoms with Crippen LogP contribution in [-0.2, 0) is 4.79 Å².